The lowest BCUT2D eigenvalue weighted by Crippen LogP contribution is -2.42. The molecule has 23 heavy (non-hydrogen) atoms. The topological polar surface area (TPSA) is 47.6 Å². The Balaban J connectivity index is 1.78. The van der Waals surface area contributed by atoms with E-state index in [1.807, 2.05) is 13.8 Å². The third-order valence-corrected chi connectivity index (χ3v) is 4.26. The minimum absolute atomic E-state index is 0.112. The predicted molar refractivity (Wildman–Crippen MR) is 86.8 cm³/mol. The van der Waals surface area contributed by atoms with Gasteiger partial charge in [-0.2, -0.15) is 0 Å². The Labute approximate surface area is 137 Å². The van der Waals surface area contributed by atoms with Gasteiger partial charge in [-0.25, -0.2) is 4.39 Å². The second-order valence-corrected chi connectivity index (χ2v) is 6.72. The zero-order chi connectivity index (χ0) is 16.9. The van der Waals surface area contributed by atoms with Crippen LogP contribution in [0.3, 0.4) is 0 Å². The lowest BCUT2D eigenvalue weighted by Gasteiger charge is -2.26. The Hall–Kier alpha value is -1.46. The molecule has 1 heterocycles. The number of hydrogen-bond donors (Lipinski definition) is 1. The van der Waals surface area contributed by atoms with Crippen LogP contribution >= 0.6 is 0 Å². The normalized spacial score (nSPS) is 19.6. The summed E-state index contributed by atoms with van der Waals surface area (Å²) in [4.78, 5) is 12.1. The fraction of sp³-hybridized carbons (Fsp3) is 0.611. The molecule has 1 aliphatic rings. The molecule has 4 nitrogen and oxygen atoms in total. The van der Waals surface area contributed by atoms with Gasteiger partial charge < -0.3 is 14.8 Å². The summed E-state index contributed by atoms with van der Waals surface area (Å²) < 4.78 is 24.1. The highest BCUT2D eigenvalue weighted by Crippen LogP contribution is 2.22. The minimum Gasteiger partial charge on any atom is -0.376 e. The number of amides is 1. The molecule has 2 atom stereocenters. The molecule has 1 amide bonds. The van der Waals surface area contributed by atoms with Gasteiger partial charge in [0.1, 0.15) is 11.9 Å². The standard InChI is InChI=1S/C18H26FNO3/c1-13(23-11-16-5-4-10-22-16)17(21)20-12-18(2,3)14-6-8-15(19)9-7-14/h6-9,13,16H,4-5,10-12H2,1-3H3,(H,20,21). The van der Waals surface area contributed by atoms with Crippen molar-refractivity contribution in [2.24, 2.45) is 0 Å². The van der Waals surface area contributed by atoms with Crippen LogP contribution < -0.4 is 5.32 Å². The van der Waals surface area contributed by atoms with Crippen LogP contribution in [0.1, 0.15) is 39.2 Å². The van der Waals surface area contributed by atoms with Gasteiger partial charge in [-0.3, -0.25) is 4.79 Å². The quantitative estimate of drug-likeness (QED) is 0.839. The summed E-state index contributed by atoms with van der Waals surface area (Å²) in [7, 11) is 0. The molecule has 1 aliphatic heterocycles. The van der Waals surface area contributed by atoms with Crippen LogP contribution in [-0.2, 0) is 19.7 Å². The largest absolute Gasteiger partial charge is 0.376 e. The molecular formula is C18H26FNO3. The molecular weight excluding hydrogens is 297 g/mol. The second-order valence-electron chi connectivity index (χ2n) is 6.72. The molecule has 0 aliphatic carbocycles. The van der Waals surface area contributed by atoms with E-state index >= 15 is 0 Å². The van der Waals surface area contributed by atoms with Gasteiger partial charge in [-0.15, -0.1) is 0 Å². The average molecular weight is 323 g/mol. The number of benzene rings is 1. The molecule has 1 fully saturated rings. The summed E-state index contributed by atoms with van der Waals surface area (Å²) in [6, 6.07) is 6.37. The maximum atomic E-state index is 13.0. The van der Waals surface area contributed by atoms with Gasteiger partial charge >= 0.3 is 0 Å². The number of halogens is 1. The van der Waals surface area contributed by atoms with Gasteiger partial charge in [0.15, 0.2) is 0 Å². The molecule has 0 bridgehead atoms. The highest BCUT2D eigenvalue weighted by molar-refractivity contribution is 5.80. The molecule has 0 aromatic heterocycles. The number of carbonyl (C=O) groups excluding carboxylic acids is 1. The Morgan fingerprint density at radius 1 is 1.43 bits per heavy atom. The van der Waals surface area contributed by atoms with Crippen molar-refractivity contribution in [2.45, 2.75) is 51.2 Å². The number of hydrogen-bond acceptors (Lipinski definition) is 3. The Morgan fingerprint density at radius 3 is 2.74 bits per heavy atom. The monoisotopic (exact) mass is 323 g/mol. The molecule has 0 saturated carbocycles. The first-order chi connectivity index (χ1) is 10.9. The fourth-order valence-corrected chi connectivity index (χ4v) is 2.56. The predicted octanol–water partition coefficient (Wildman–Crippen LogP) is 2.80. The highest BCUT2D eigenvalue weighted by Gasteiger charge is 2.24. The van der Waals surface area contributed by atoms with Crippen molar-refractivity contribution in [3.05, 3.63) is 35.6 Å². The van der Waals surface area contributed by atoms with E-state index in [9.17, 15) is 9.18 Å². The molecule has 1 saturated heterocycles. The summed E-state index contributed by atoms with van der Waals surface area (Å²) in [5, 5.41) is 2.91. The third kappa shape index (κ3) is 5.29. The van der Waals surface area contributed by atoms with E-state index in [1.165, 1.54) is 12.1 Å². The van der Waals surface area contributed by atoms with Gasteiger partial charge in [-0.05, 0) is 37.5 Å². The van der Waals surface area contributed by atoms with Crippen LogP contribution in [0.5, 0.6) is 0 Å². The minimum atomic E-state index is -0.511. The maximum absolute atomic E-state index is 13.0. The fourth-order valence-electron chi connectivity index (χ4n) is 2.56. The Kier molecular flexibility index (Phi) is 6.13. The van der Waals surface area contributed by atoms with Crippen LogP contribution in [0.25, 0.3) is 0 Å². The lowest BCUT2D eigenvalue weighted by atomic mass is 9.84. The van der Waals surface area contributed by atoms with Crippen molar-refractivity contribution in [1.29, 1.82) is 0 Å². The SMILES string of the molecule is CC(OCC1CCCO1)C(=O)NCC(C)(C)c1ccc(F)cc1. The van der Waals surface area contributed by atoms with Crippen molar-refractivity contribution in [1.82, 2.24) is 5.32 Å². The molecule has 0 spiro atoms. The van der Waals surface area contributed by atoms with Crippen molar-refractivity contribution in [3.8, 4) is 0 Å². The molecule has 5 heteroatoms. The molecule has 2 unspecified atom stereocenters. The van der Waals surface area contributed by atoms with E-state index in [0.717, 1.165) is 25.0 Å². The number of carbonyl (C=O) groups is 1. The molecule has 1 aromatic rings. The molecule has 2 rings (SSSR count). The van der Waals surface area contributed by atoms with Crippen molar-refractivity contribution >= 4 is 5.91 Å². The van der Waals surface area contributed by atoms with Crippen molar-refractivity contribution in [3.63, 3.8) is 0 Å². The first-order valence-electron chi connectivity index (χ1n) is 8.15. The highest BCUT2D eigenvalue weighted by atomic mass is 19.1. The number of nitrogens with one attached hydrogen (secondary N) is 1. The summed E-state index contributed by atoms with van der Waals surface area (Å²) >= 11 is 0. The zero-order valence-corrected chi connectivity index (χ0v) is 14.1. The van der Waals surface area contributed by atoms with Crippen molar-refractivity contribution in [2.75, 3.05) is 19.8 Å². The number of ether oxygens (including phenoxy) is 2. The van der Waals surface area contributed by atoms with Crippen LogP contribution in [0, 0.1) is 5.82 Å². The zero-order valence-electron chi connectivity index (χ0n) is 14.1. The van der Waals surface area contributed by atoms with Crippen LogP contribution in [0.15, 0.2) is 24.3 Å². The van der Waals surface area contributed by atoms with Gasteiger partial charge in [0, 0.05) is 18.6 Å². The summed E-state index contributed by atoms with van der Waals surface area (Å²) in [5.74, 6) is -0.400. The van der Waals surface area contributed by atoms with Gasteiger partial charge in [0.25, 0.3) is 0 Å². The van der Waals surface area contributed by atoms with Gasteiger partial charge in [-0.1, -0.05) is 26.0 Å². The second kappa shape index (κ2) is 7.88. The van der Waals surface area contributed by atoms with Crippen LogP contribution in [0.2, 0.25) is 0 Å². The Morgan fingerprint density at radius 2 is 2.13 bits per heavy atom. The summed E-state index contributed by atoms with van der Waals surface area (Å²) in [6.07, 6.45) is 1.65. The summed E-state index contributed by atoms with van der Waals surface area (Å²) in [6.45, 7) is 7.47. The van der Waals surface area contributed by atoms with Gasteiger partial charge in [0.05, 0.1) is 12.7 Å². The molecule has 1 aromatic carbocycles. The third-order valence-electron chi connectivity index (χ3n) is 4.26. The average Bonchev–Trinajstić information content (AvgIpc) is 3.04. The Bertz CT molecular complexity index is 510. The van der Waals surface area contributed by atoms with E-state index in [1.54, 1.807) is 19.1 Å². The summed E-state index contributed by atoms with van der Waals surface area (Å²) in [5.41, 5.74) is 0.699. The van der Waals surface area contributed by atoms with Gasteiger partial charge in [0.2, 0.25) is 5.91 Å². The van der Waals surface area contributed by atoms with E-state index in [-0.39, 0.29) is 23.2 Å². The smallest absolute Gasteiger partial charge is 0.248 e. The maximum Gasteiger partial charge on any atom is 0.248 e. The number of rotatable bonds is 7. The molecule has 1 N–H and O–H groups in total. The van der Waals surface area contributed by atoms with E-state index in [0.29, 0.717) is 13.2 Å². The lowest BCUT2D eigenvalue weighted by molar-refractivity contribution is -0.133. The van der Waals surface area contributed by atoms with Crippen molar-refractivity contribution < 1.29 is 18.7 Å². The van der Waals surface area contributed by atoms with Crippen LogP contribution in [0.4, 0.5) is 4.39 Å². The van der Waals surface area contributed by atoms with E-state index in [4.69, 9.17) is 9.47 Å². The van der Waals surface area contributed by atoms with Crippen LogP contribution in [-0.4, -0.2) is 37.9 Å². The first kappa shape index (κ1) is 17.9. The van der Waals surface area contributed by atoms with E-state index in [2.05, 4.69) is 5.32 Å². The van der Waals surface area contributed by atoms with E-state index < -0.39 is 6.10 Å². The molecule has 0 radical (unpaired) electrons. The molecule has 128 valence electrons. The first-order valence-corrected chi connectivity index (χ1v) is 8.15.